The highest BCUT2D eigenvalue weighted by Gasteiger charge is 2.12. The van der Waals surface area contributed by atoms with Crippen molar-refractivity contribution in [3.8, 4) is 5.75 Å². The van der Waals surface area contributed by atoms with Crippen molar-refractivity contribution in [3.63, 3.8) is 0 Å². The molecule has 0 aliphatic rings. The molecule has 0 spiro atoms. The van der Waals surface area contributed by atoms with E-state index in [9.17, 15) is 9.18 Å². The van der Waals surface area contributed by atoms with Crippen LogP contribution in [0.15, 0.2) is 42.5 Å². The standard InChI is InChI=1S/C18H21FN2O2/c1-3-12(2)14-6-4-5-7-17(14)23-11-18(22)21-16-10-13(20)8-9-15(16)19/h4-10,12H,3,11,20H2,1-2H3,(H,21,22). The van der Waals surface area contributed by atoms with Crippen LogP contribution >= 0.6 is 0 Å². The first-order chi connectivity index (χ1) is 11.0. The summed E-state index contributed by atoms with van der Waals surface area (Å²) in [7, 11) is 0. The maximum Gasteiger partial charge on any atom is 0.262 e. The molecule has 0 radical (unpaired) electrons. The number of rotatable bonds is 6. The third-order valence-corrected chi connectivity index (χ3v) is 3.69. The summed E-state index contributed by atoms with van der Waals surface area (Å²) in [4.78, 5) is 12.0. The Hall–Kier alpha value is -2.56. The number of anilines is 2. The largest absolute Gasteiger partial charge is 0.483 e. The zero-order valence-corrected chi connectivity index (χ0v) is 13.3. The smallest absolute Gasteiger partial charge is 0.262 e. The van der Waals surface area contributed by atoms with Gasteiger partial charge in [0.2, 0.25) is 0 Å². The lowest BCUT2D eigenvalue weighted by Crippen LogP contribution is -2.21. The number of hydrogen-bond acceptors (Lipinski definition) is 3. The van der Waals surface area contributed by atoms with Crippen LogP contribution in [0.25, 0.3) is 0 Å². The van der Waals surface area contributed by atoms with Crippen LogP contribution in [0, 0.1) is 5.82 Å². The van der Waals surface area contributed by atoms with Crippen molar-refractivity contribution in [1.29, 1.82) is 0 Å². The second kappa shape index (κ2) is 7.63. The predicted molar refractivity (Wildman–Crippen MR) is 90.1 cm³/mol. The molecular weight excluding hydrogens is 295 g/mol. The van der Waals surface area contributed by atoms with Crippen molar-refractivity contribution in [2.75, 3.05) is 17.7 Å². The molecule has 0 fully saturated rings. The Kier molecular flexibility index (Phi) is 5.57. The van der Waals surface area contributed by atoms with E-state index in [0.717, 1.165) is 12.0 Å². The summed E-state index contributed by atoms with van der Waals surface area (Å²) in [6, 6.07) is 11.6. The van der Waals surface area contributed by atoms with Gasteiger partial charge in [0.05, 0.1) is 5.69 Å². The van der Waals surface area contributed by atoms with E-state index in [1.54, 1.807) is 0 Å². The van der Waals surface area contributed by atoms with Crippen LogP contribution in [0.5, 0.6) is 5.75 Å². The fourth-order valence-electron chi connectivity index (χ4n) is 2.21. The van der Waals surface area contributed by atoms with Gasteiger partial charge in [0, 0.05) is 5.69 Å². The fourth-order valence-corrected chi connectivity index (χ4v) is 2.21. The summed E-state index contributed by atoms with van der Waals surface area (Å²) in [6.07, 6.45) is 0.973. The number of carbonyl (C=O) groups excluding carboxylic acids is 1. The average molecular weight is 316 g/mol. The fraction of sp³-hybridized carbons (Fsp3) is 0.278. The summed E-state index contributed by atoms with van der Waals surface area (Å²) in [5, 5.41) is 2.47. The molecule has 3 N–H and O–H groups in total. The number of hydrogen-bond donors (Lipinski definition) is 2. The van der Waals surface area contributed by atoms with E-state index < -0.39 is 11.7 Å². The number of nitrogen functional groups attached to an aromatic ring is 1. The summed E-state index contributed by atoms with van der Waals surface area (Å²) in [6.45, 7) is 4.00. The van der Waals surface area contributed by atoms with E-state index in [1.165, 1.54) is 18.2 Å². The average Bonchev–Trinajstić information content (AvgIpc) is 2.56. The molecular formula is C18H21FN2O2. The molecule has 2 aromatic carbocycles. The minimum atomic E-state index is -0.535. The second-order valence-corrected chi connectivity index (χ2v) is 5.42. The Morgan fingerprint density at radius 2 is 2.04 bits per heavy atom. The third-order valence-electron chi connectivity index (χ3n) is 3.69. The monoisotopic (exact) mass is 316 g/mol. The number of para-hydroxylation sites is 1. The highest BCUT2D eigenvalue weighted by molar-refractivity contribution is 5.92. The molecule has 0 heterocycles. The van der Waals surface area contributed by atoms with E-state index in [-0.39, 0.29) is 12.3 Å². The molecule has 122 valence electrons. The van der Waals surface area contributed by atoms with E-state index in [1.807, 2.05) is 24.3 Å². The predicted octanol–water partition coefficient (Wildman–Crippen LogP) is 3.94. The summed E-state index contributed by atoms with van der Waals surface area (Å²) in [5.74, 6) is 0.0340. The minimum absolute atomic E-state index is 0.0498. The molecule has 1 amide bonds. The van der Waals surface area contributed by atoms with Gasteiger partial charge in [-0.25, -0.2) is 4.39 Å². The molecule has 0 aliphatic heterocycles. The Morgan fingerprint density at radius 3 is 2.78 bits per heavy atom. The molecule has 0 aliphatic carbocycles. The minimum Gasteiger partial charge on any atom is -0.483 e. The summed E-state index contributed by atoms with van der Waals surface area (Å²) >= 11 is 0. The van der Waals surface area contributed by atoms with E-state index in [0.29, 0.717) is 17.4 Å². The molecule has 1 unspecified atom stereocenters. The molecule has 4 nitrogen and oxygen atoms in total. The molecule has 2 rings (SSSR count). The maximum absolute atomic E-state index is 13.6. The molecule has 2 aromatic rings. The van der Waals surface area contributed by atoms with E-state index >= 15 is 0 Å². The van der Waals surface area contributed by atoms with Crippen molar-refractivity contribution in [2.24, 2.45) is 0 Å². The van der Waals surface area contributed by atoms with Gasteiger partial charge in [-0.1, -0.05) is 32.0 Å². The number of amides is 1. The van der Waals surface area contributed by atoms with Crippen LogP contribution < -0.4 is 15.8 Å². The number of benzene rings is 2. The van der Waals surface area contributed by atoms with Gasteiger partial charge in [-0.3, -0.25) is 4.79 Å². The summed E-state index contributed by atoms with van der Waals surface area (Å²) < 4.78 is 19.2. The lowest BCUT2D eigenvalue weighted by atomic mass is 9.98. The van der Waals surface area contributed by atoms with Crippen LogP contribution in [0.4, 0.5) is 15.8 Å². The van der Waals surface area contributed by atoms with Gasteiger partial charge < -0.3 is 15.8 Å². The lowest BCUT2D eigenvalue weighted by Gasteiger charge is -2.15. The van der Waals surface area contributed by atoms with Gasteiger partial charge in [0.1, 0.15) is 11.6 Å². The number of nitrogens with one attached hydrogen (secondary N) is 1. The van der Waals surface area contributed by atoms with Crippen molar-refractivity contribution >= 4 is 17.3 Å². The zero-order valence-electron chi connectivity index (χ0n) is 13.3. The number of ether oxygens (including phenoxy) is 1. The Bertz CT molecular complexity index is 688. The van der Waals surface area contributed by atoms with Gasteiger partial charge in [0.15, 0.2) is 6.61 Å². The van der Waals surface area contributed by atoms with Crippen LogP contribution in [0.1, 0.15) is 31.7 Å². The van der Waals surface area contributed by atoms with E-state index in [4.69, 9.17) is 10.5 Å². The van der Waals surface area contributed by atoms with Crippen LogP contribution in [0.2, 0.25) is 0 Å². The van der Waals surface area contributed by atoms with Crippen molar-refractivity contribution < 1.29 is 13.9 Å². The van der Waals surface area contributed by atoms with Crippen LogP contribution in [-0.4, -0.2) is 12.5 Å². The van der Waals surface area contributed by atoms with E-state index in [2.05, 4.69) is 19.2 Å². The molecule has 5 heteroatoms. The molecule has 0 bridgehead atoms. The lowest BCUT2D eigenvalue weighted by molar-refractivity contribution is -0.118. The zero-order chi connectivity index (χ0) is 16.8. The summed E-state index contributed by atoms with van der Waals surface area (Å²) in [5.41, 5.74) is 7.07. The Morgan fingerprint density at radius 1 is 1.30 bits per heavy atom. The van der Waals surface area contributed by atoms with Crippen LogP contribution in [-0.2, 0) is 4.79 Å². The van der Waals surface area contributed by atoms with Gasteiger partial charge >= 0.3 is 0 Å². The first-order valence-corrected chi connectivity index (χ1v) is 7.57. The highest BCUT2D eigenvalue weighted by Crippen LogP contribution is 2.28. The molecule has 23 heavy (non-hydrogen) atoms. The quantitative estimate of drug-likeness (QED) is 0.793. The van der Waals surface area contributed by atoms with Crippen molar-refractivity contribution in [3.05, 3.63) is 53.8 Å². The maximum atomic E-state index is 13.6. The van der Waals surface area contributed by atoms with Gasteiger partial charge in [0.25, 0.3) is 5.91 Å². The SMILES string of the molecule is CCC(C)c1ccccc1OCC(=O)Nc1cc(N)ccc1F. The first-order valence-electron chi connectivity index (χ1n) is 7.57. The number of halogens is 1. The molecule has 1 atom stereocenters. The Labute approximate surface area is 135 Å². The molecule has 0 saturated heterocycles. The van der Waals surface area contributed by atoms with Gasteiger partial charge in [-0.15, -0.1) is 0 Å². The normalized spacial score (nSPS) is 11.8. The van der Waals surface area contributed by atoms with Gasteiger partial charge in [-0.05, 0) is 42.2 Å². The molecule has 0 saturated carbocycles. The Balaban J connectivity index is 2.01. The molecule has 0 aromatic heterocycles. The van der Waals surface area contributed by atoms with Crippen molar-refractivity contribution in [2.45, 2.75) is 26.2 Å². The number of nitrogens with two attached hydrogens (primary N) is 1. The van der Waals surface area contributed by atoms with Crippen LogP contribution in [0.3, 0.4) is 0 Å². The van der Waals surface area contributed by atoms with Gasteiger partial charge in [-0.2, -0.15) is 0 Å². The second-order valence-electron chi connectivity index (χ2n) is 5.42. The van der Waals surface area contributed by atoms with Crippen molar-refractivity contribution in [1.82, 2.24) is 0 Å². The first kappa shape index (κ1) is 16.8. The third kappa shape index (κ3) is 4.45. The topological polar surface area (TPSA) is 64.3 Å². The highest BCUT2D eigenvalue weighted by atomic mass is 19.1. The number of carbonyl (C=O) groups is 1.